The summed E-state index contributed by atoms with van der Waals surface area (Å²) >= 11 is 1.37. The summed E-state index contributed by atoms with van der Waals surface area (Å²) in [5.41, 5.74) is 0.993. The van der Waals surface area contributed by atoms with Gasteiger partial charge in [0, 0.05) is 11.6 Å². The number of hydrogen-bond acceptors (Lipinski definition) is 4. The van der Waals surface area contributed by atoms with Gasteiger partial charge in [0.05, 0.1) is 5.75 Å². The molecular formula is C17H22N4OS. The first-order valence-corrected chi connectivity index (χ1v) is 9.11. The number of carbonyl (C=O) groups is 1. The summed E-state index contributed by atoms with van der Waals surface area (Å²) in [4.78, 5) is 16.5. The van der Waals surface area contributed by atoms with Crippen molar-refractivity contribution < 1.29 is 4.79 Å². The van der Waals surface area contributed by atoms with E-state index in [-0.39, 0.29) is 5.91 Å². The number of nitrogens with one attached hydrogen (secondary N) is 2. The van der Waals surface area contributed by atoms with E-state index in [0.717, 1.165) is 17.8 Å². The molecule has 23 heavy (non-hydrogen) atoms. The molecule has 1 aliphatic carbocycles. The lowest BCUT2D eigenvalue weighted by molar-refractivity contribution is -0.119. The summed E-state index contributed by atoms with van der Waals surface area (Å²) in [5, 5.41) is 10.9. The van der Waals surface area contributed by atoms with Gasteiger partial charge in [-0.1, -0.05) is 61.9 Å². The normalized spacial score (nSPS) is 21.1. The fraction of sp³-hybridized carbons (Fsp3) is 0.471. The quantitative estimate of drug-likeness (QED) is 0.826. The third-order valence-corrected chi connectivity index (χ3v) is 5.15. The Labute approximate surface area is 140 Å². The van der Waals surface area contributed by atoms with Crippen molar-refractivity contribution in [3.05, 3.63) is 30.3 Å². The predicted octanol–water partition coefficient (Wildman–Crippen LogP) is 3.26. The summed E-state index contributed by atoms with van der Waals surface area (Å²) in [6.45, 7) is 2.22. The van der Waals surface area contributed by atoms with E-state index >= 15 is 0 Å². The van der Waals surface area contributed by atoms with Gasteiger partial charge in [-0.3, -0.25) is 9.89 Å². The van der Waals surface area contributed by atoms with Gasteiger partial charge in [0.15, 0.2) is 5.82 Å². The summed E-state index contributed by atoms with van der Waals surface area (Å²) < 4.78 is 0. The summed E-state index contributed by atoms with van der Waals surface area (Å²) in [6.07, 6.45) is 4.79. The highest BCUT2D eigenvalue weighted by Gasteiger charge is 2.22. The Bertz CT molecular complexity index is 643. The molecule has 0 aliphatic heterocycles. The van der Waals surface area contributed by atoms with Crippen LogP contribution in [0.5, 0.6) is 0 Å². The predicted molar refractivity (Wildman–Crippen MR) is 92.1 cm³/mol. The number of carbonyl (C=O) groups excluding carboxylic acids is 1. The van der Waals surface area contributed by atoms with Crippen LogP contribution >= 0.6 is 11.8 Å². The molecule has 6 heteroatoms. The largest absolute Gasteiger partial charge is 0.352 e. The van der Waals surface area contributed by atoms with Gasteiger partial charge in [-0.25, -0.2) is 4.98 Å². The molecule has 1 aromatic heterocycles. The first-order valence-electron chi connectivity index (χ1n) is 8.12. The van der Waals surface area contributed by atoms with Crippen LogP contribution < -0.4 is 5.32 Å². The van der Waals surface area contributed by atoms with Crippen LogP contribution in [0.2, 0.25) is 0 Å². The molecule has 2 atom stereocenters. The molecule has 0 radical (unpaired) electrons. The summed E-state index contributed by atoms with van der Waals surface area (Å²) in [5.74, 6) is 1.73. The maximum Gasteiger partial charge on any atom is 0.230 e. The minimum Gasteiger partial charge on any atom is -0.352 e. The van der Waals surface area contributed by atoms with Crippen molar-refractivity contribution in [2.75, 3.05) is 5.75 Å². The van der Waals surface area contributed by atoms with Crippen molar-refractivity contribution in [2.24, 2.45) is 5.92 Å². The fourth-order valence-electron chi connectivity index (χ4n) is 2.95. The minimum absolute atomic E-state index is 0.0693. The van der Waals surface area contributed by atoms with Crippen molar-refractivity contribution in [1.82, 2.24) is 20.5 Å². The highest BCUT2D eigenvalue weighted by molar-refractivity contribution is 7.99. The van der Waals surface area contributed by atoms with Gasteiger partial charge in [-0.15, -0.1) is 5.10 Å². The molecule has 122 valence electrons. The van der Waals surface area contributed by atoms with E-state index in [2.05, 4.69) is 27.4 Å². The Morgan fingerprint density at radius 3 is 2.87 bits per heavy atom. The van der Waals surface area contributed by atoms with E-state index < -0.39 is 0 Å². The first-order chi connectivity index (χ1) is 11.2. The summed E-state index contributed by atoms with van der Waals surface area (Å²) in [7, 11) is 0. The Balaban J connectivity index is 1.50. The molecule has 1 amide bonds. The van der Waals surface area contributed by atoms with Crippen LogP contribution in [0.3, 0.4) is 0 Å². The molecule has 0 saturated heterocycles. The van der Waals surface area contributed by atoms with Gasteiger partial charge in [-0.05, 0) is 18.8 Å². The number of amides is 1. The van der Waals surface area contributed by atoms with E-state index in [1.54, 1.807) is 0 Å². The molecule has 2 aromatic rings. The number of thioether (sulfide) groups is 1. The van der Waals surface area contributed by atoms with Crippen molar-refractivity contribution in [3.8, 4) is 11.4 Å². The van der Waals surface area contributed by atoms with Crippen LogP contribution in [0.4, 0.5) is 0 Å². The van der Waals surface area contributed by atoms with E-state index in [4.69, 9.17) is 0 Å². The number of benzene rings is 1. The molecule has 0 spiro atoms. The van der Waals surface area contributed by atoms with Crippen molar-refractivity contribution in [3.63, 3.8) is 0 Å². The lowest BCUT2D eigenvalue weighted by Crippen LogP contribution is -2.41. The lowest BCUT2D eigenvalue weighted by atomic mass is 9.86. The van der Waals surface area contributed by atoms with E-state index in [1.807, 2.05) is 30.3 Å². The van der Waals surface area contributed by atoms with Crippen molar-refractivity contribution >= 4 is 17.7 Å². The van der Waals surface area contributed by atoms with E-state index in [0.29, 0.717) is 22.9 Å². The van der Waals surface area contributed by atoms with E-state index in [9.17, 15) is 4.79 Å². The highest BCUT2D eigenvalue weighted by atomic mass is 32.2. The Morgan fingerprint density at radius 2 is 2.09 bits per heavy atom. The van der Waals surface area contributed by atoms with Crippen molar-refractivity contribution in [1.29, 1.82) is 0 Å². The number of hydrogen-bond donors (Lipinski definition) is 2. The second kappa shape index (κ2) is 7.64. The second-order valence-corrected chi connectivity index (χ2v) is 7.00. The molecule has 1 aromatic carbocycles. The smallest absolute Gasteiger partial charge is 0.230 e. The first kappa shape index (κ1) is 16.1. The van der Waals surface area contributed by atoms with Crippen LogP contribution in [0.15, 0.2) is 35.5 Å². The number of rotatable bonds is 5. The zero-order valence-electron chi connectivity index (χ0n) is 13.3. The molecular weight excluding hydrogens is 308 g/mol. The SMILES string of the molecule is C[C@@H]1CCCC[C@H]1NC(=O)CSc1n[nH]c(-c2ccccc2)n1. The maximum atomic E-state index is 12.1. The Morgan fingerprint density at radius 1 is 1.30 bits per heavy atom. The van der Waals surface area contributed by atoms with Gasteiger partial charge in [0.1, 0.15) is 0 Å². The standard InChI is InChI=1S/C17H22N4OS/c1-12-7-5-6-10-14(12)18-15(22)11-23-17-19-16(20-21-17)13-8-3-2-4-9-13/h2-4,8-9,12,14H,5-7,10-11H2,1H3,(H,18,22)(H,19,20,21)/t12-,14-/m1/s1. The monoisotopic (exact) mass is 330 g/mol. The molecule has 2 N–H and O–H groups in total. The van der Waals surface area contributed by atoms with Crippen LogP contribution in [-0.4, -0.2) is 32.9 Å². The van der Waals surface area contributed by atoms with Gasteiger partial charge in [0.25, 0.3) is 0 Å². The molecule has 1 heterocycles. The third kappa shape index (κ3) is 4.34. The molecule has 0 unspecified atom stereocenters. The van der Waals surface area contributed by atoms with E-state index in [1.165, 1.54) is 31.0 Å². The molecule has 1 saturated carbocycles. The number of nitrogens with zero attached hydrogens (tertiary/aromatic N) is 2. The lowest BCUT2D eigenvalue weighted by Gasteiger charge is -2.29. The molecule has 1 aliphatic rings. The number of H-pyrrole nitrogens is 1. The van der Waals surface area contributed by atoms with Crippen LogP contribution in [0.1, 0.15) is 32.6 Å². The molecule has 5 nitrogen and oxygen atoms in total. The average molecular weight is 330 g/mol. The zero-order chi connectivity index (χ0) is 16.1. The maximum absolute atomic E-state index is 12.1. The van der Waals surface area contributed by atoms with Gasteiger partial charge >= 0.3 is 0 Å². The highest BCUT2D eigenvalue weighted by Crippen LogP contribution is 2.24. The van der Waals surface area contributed by atoms with Crippen LogP contribution in [-0.2, 0) is 4.79 Å². The summed E-state index contributed by atoms with van der Waals surface area (Å²) in [6, 6.07) is 10.2. The van der Waals surface area contributed by atoms with Gasteiger partial charge in [-0.2, -0.15) is 0 Å². The average Bonchev–Trinajstić information content (AvgIpc) is 3.05. The zero-order valence-corrected chi connectivity index (χ0v) is 14.1. The van der Waals surface area contributed by atoms with Crippen molar-refractivity contribution in [2.45, 2.75) is 43.8 Å². The topological polar surface area (TPSA) is 70.7 Å². The number of aromatic nitrogens is 3. The molecule has 1 fully saturated rings. The Hall–Kier alpha value is -1.82. The molecule has 0 bridgehead atoms. The molecule has 3 rings (SSSR count). The number of aromatic amines is 1. The van der Waals surface area contributed by atoms with Crippen LogP contribution in [0, 0.1) is 5.92 Å². The Kier molecular flexibility index (Phi) is 5.33. The van der Waals surface area contributed by atoms with Gasteiger partial charge < -0.3 is 5.32 Å². The third-order valence-electron chi connectivity index (χ3n) is 4.30. The van der Waals surface area contributed by atoms with Gasteiger partial charge in [0.2, 0.25) is 11.1 Å². The minimum atomic E-state index is 0.0693. The fourth-order valence-corrected chi connectivity index (χ4v) is 3.55. The van der Waals surface area contributed by atoms with Crippen LogP contribution in [0.25, 0.3) is 11.4 Å². The second-order valence-electron chi connectivity index (χ2n) is 6.06.